The number of H-pyrrole nitrogens is 1. The van der Waals surface area contributed by atoms with Crippen LogP contribution in [-0.4, -0.2) is 28.9 Å². The van der Waals surface area contributed by atoms with Gasteiger partial charge in [-0.3, -0.25) is 9.59 Å². The summed E-state index contributed by atoms with van der Waals surface area (Å²) in [6, 6.07) is 7.08. The zero-order chi connectivity index (χ0) is 15.5. The molecule has 0 spiro atoms. The molecule has 1 aliphatic heterocycles. The van der Waals surface area contributed by atoms with Gasteiger partial charge in [0.15, 0.2) is 0 Å². The molecule has 22 heavy (non-hydrogen) atoms. The van der Waals surface area contributed by atoms with E-state index >= 15 is 0 Å². The number of piperazine rings is 1. The van der Waals surface area contributed by atoms with Crippen molar-refractivity contribution < 1.29 is 9.59 Å². The first-order valence-corrected chi connectivity index (χ1v) is 7.84. The van der Waals surface area contributed by atoms with E-state index in [2.05, 4.69) is 22.5 Å². The molecule has 1 fully saturated rings. The van der Waals surface area contributed by atoms with Gasteiger partial charge in [0.25, 0.3) is 0 Å². The fraction of sp³-hybridized carbons (Fsp3) is 0.412. The van der Waals surface area contributed by atoms with E-state index in [4.69, 9.17) is 0 Å². The highest BCUT2D eigenvalue weighted by atomic mass is 16.2. The van der Waals surface area contributed by atoms with E-state index in [1.807, 2.05) is 30.5 Å². The maximum Gasteiger partial charge on any atom is 0.243 e. The Bertz CT molecular complexity index is 692. The van der Waals surface area contributed by atoms with Crippen LogP contribution in [0, 0.1) is 0 Å². The molecule has 0 bridgehead atoms. The third-order valence-electron chi connectivity index (χ3n) is 4.21. The molecule has 5 heteroatoms. The Hall–Kier alpha value is -2.30. The lowest BCUT2D eigenvalue weighted by Gasteiger charge is -2.29. The van der Waals surface area contributed by atoms with E-state index < -0.39 is 6.04 Å². The predicted octanol–water partition coefficient (Wildman–Crippen LogP) is 1.88. The Morgan fingerprint density at radius 3 is 2.59 bits per heavy atom. The fourth-order valence-corrected chi connectivity index (χ4v) is 2.95. The van der Waals surface area contributed by atoms with Crippen molar-refractivity contribution in [3.63, 3.8) is 0 Å². The number of hydrogen-bond donors (Lipinski definition) is 3. The third kappa shape index (κ3) is 2.84. The zero-order valence-corrected chi connectivity index (χ0v) is 12.7. The lowest BCUT2D eigenvalue weighted by molar-refractivity contribution is -0.136. The number of aromatic nitrogens is 1. The molecular formula is C17H21N3O2. The summed E-state index contributed by atoms with van der Waals surface area (Å²) in [6.07, 6.45) is 5.06. The molecule has 0 unspecified atom stereocenters. The first kappa shape index (κ1) is 14.6. The monoisotopic (exact) mass is 299 g/mol. The van der Waals surface area contributed by atoms with Crippen molar-refractivity contribution in [1.29, 1.82) is 0 Å². The van der Waals surface area contributed by atoms with E-state index in [0.717, 1.165) is 29.3 Å². The van der Waals surface area contributed by atoms with Crippen molar-refractivity contribution in [2.24, 2.45) is 0 Å². The average molecular weight is 299 g/mol. The van der Waals surface area contributed by atoms with Gasteiger partial charge < -0.3 is 15.6 Å². The van der Waals surface area contributed by atoms with Crippen molar-refractivity contribution in [2.45, 2.75) is 44.7 Å². The second-order valence-corrected chi connectivity index (χ2v) is 5.83. The van der Waals surface area contributed by atoms with E-state index in [1.54, 1.807) is 0 Å². The van der Waals surface area contributed by atoms with Crippen LogP contribution in [0.3, 0.4) is 0 Å². The lowest BCUT2D eigenvalue weighted by Crippen LogP contribution is -2.62. The van der Waals surface area contributed by atoms with Gasteiger partial charge in [0.1, 0.15) is 12.1 Å². The molecule has 1 aliphatic rings. The van der Waals surface area contributed by atoms with Crippen molar-refractivity contribution in [2.75, 3.05) is 0 Å². The summed E-state index contributed by atoms with van der Waals surface area (Å²) in [6.45, 7) is 2.07. The minimum Gasteiger partial charge on any atom is -0.361 e. The lowest BCUT2D eigenvalue weighted by atomic mass is 9.99. The van der Waals surface area contributed by atoms with Gasteiger partial charge in [0.05, 0.1) is 0 Å². The van der Waals surface area contributed by atoms with Gasteiger partial charge in [-0.25, -0.2) is 0 Å². The molecule has 1 aromatic heterocycles. The molecule has 1 saturated heterocycles. The Morgan fingerprint density at radius 1 is 1.05 bits per heavy atom. The number of para-hydroxylation sites is 1. The molecule has 2 atom stereocenters. The normalized spacial score (nSPS) is 21.7. The number of unbranched alkanes of at least 4 members (excludes halogenated alkanes) is 1. The predicted molar refractivity (Wildman–Crippen MR) is 85.4 cm³/mol. The van der Waals surface area contributed by atoms with E-state index in [9.17, 15) is 9.59 Å². The number of carbonyl (C=O) groups is 2. The summed E-state index contributed by atoms with van der Waals surface area (Å²) in [5.41, 5.74) is 2.09. The SMILES string of the molecule is CCCC[C@@H]1NC(=O)[C@H](Cc2c[nH]c3ccccc23)NC1=O. The van der Waals surface area contributed by atoms with E-state index in [-0.39, 0.29) is 17.9 Å². The molecule has 2 heterocycles. The Kier molecular flexibility index (Phi) is 4.13. The molecule has 0 radical (unpaired) electrons. The largest absolute Gasteiger partial charge is 0.361 e. The Labute approximate surface area is 129 Å². The first-order valence-electron chi connectivity index (χ1n) is 7.84. The van der Waals surface area contributed by atoms with Crippen LogP contribution in [0.15, 0.2) is 30.5 Å². The molecular weight excluding hydrogens is 278 g/mol. The molecule has 0 aliphatic carbocycles. The quantitative estimate of drug-likeness (QED) is 0.788. The van der Waals surface area contributed by atoms with Crippen molar-refractivity contribution in [3.8, 4) is 0 Å². The van der Waals surface area contributed by atoms with Crippen LogP contribution >= 0.6 is 0 Å². The molecule has 1 aromatic carbocycles. The Morgan fingerprint density at radius 2 is 1.77 bits per heavy atom. The summed E-state index contributed by atoms with van der Waals surface area (Å²) < 4.78 is 0. The van der Waals surface area contributed by atoms with Crippen molar-refractivity contribution in [1.82, 2.24) is 15.6 Å². The average Bonchev–Trinajstić information content (AvgIpc) is 2.92. The minimum absolute atomic E-state index is 0.0714. The maximum absolute atomic E-state index is 12.2. The third-order valence-corrected chi connectivity index (χ3v) is 4.21. The number of carbonyl (C=O) groups excluding carboxylic acids is 2. The van der Waals surface area contributed by atoms with E-state index in [1.165, 1.54) is 0 Å². The smallest absolute Gasteiger partial charge is 0.243 e. The van der Waals surface area contributed by atoms with Crippen LogP contribution in [-0.2, 0) is 16.0 Å². The summed E-state index contributed by atoms with van der Waals surface area (Å²) in [7, 11) is 0. The van der Waals surface area contributed by atoms with Crippen molar-refractivity contribution >= 4 is 22.7 Å². The summed E-state index contributed by atoms with van der Waals surface area (Å²) >= 11 is 0. The number of nitrogens with one attached hydrogen (secondary N) is 3. The summed E-state index contributed by atoms with van der Waals surface area (Å²) in [5.74, 6) is -0.163. The van der Waals surface area contributed by atoms with Gasteiger partial charge >= 0.3 is 0 Å². The minimum atomic E-state index is -0.496. The molecule has 3 N–H and O–H groups in total. The highest BCUT2D eigenvalue weighted by Gasteiger charge is 2.33. The second-order valence-electron chi connectivity index (χ2n) is 5.83. The standard InChI is InChI=1S/C17H21N3O2/c1-2-3-7-14-16(21)20-15(17(22)19-14)9-11-10-18-13-8-5-4-6-12(11)13/h4-6,8,10,14-15,18H,2-3,7,9H2,1H3,(H,19,22)(H,20,21)/t14-,15-/m0/s1. The number of fused-ring (bicyclic) bond motifs is 1. The number of hydrogen-bond acceptors (Lipinski definition) is 2. The number of aromatic amines is 1. The van der Waals surface area contributed by atoms with Crippen LogP contribution in [0.2, 0.25) is 0 Å². The summed E-state index contributed by atoms with van der Waals surface area (Å²) in [4.78, 5) is 27.6. The zero-order valence-electron chi connectivity index (χ0n) is 12.7. The molecule has 0 saturated carbocycles. The highest BCUT2D eigenvalue weighted by Crippen LogP contribution is 2.20. The number of rotatable bonds is 5. The van der Waals surface area contributed by atoms with Crippen LogP contribution in [0.4, 0.5) is 0 Å². The van der Waals surface area contributed by atoms with Gasteiger partial charge in [0, 0.05) is 23.5 Å². The maximum atomic E-state index is 12.2. The van der Waals surface area contributed by atoms with Crippen LogP contribution in [0.25, 0.3) is 10.9 Å². The number of benzene rings is 1. The highest BCUT2D eigenvalue weighted by molar-refractivity contribution is 5.97. The summed E-state index contributed by atoms with van der Waals surface area (Å²) in [5, 5.41) is 6.81. The molecule has 2 aromatic rings. The molecule has 3 rings (SSSR count). The van der Waals surface area contributed by atoms with Crippen molar-refractivity contribution in [3.05, 3.63) is 36.0 Å². The number of amides is 2. The topological polar surface area (TPSA) is 74.0 Å². The van der Waals surface area contributed by atoms with Crippen LogP contribution < -0.4 is 10.6 Å². The first-order chi connectivity index (χ1) is 10.7. The van der Waals surface area contributed by atoms with Gasteiger partial charge in [0.2, 0.25) is 11.8 Å². The van der Waals surface area contributed by atoms with Gasteiger partial charge in [-0.2, -0.15) is 0 Å². The van der Waals surface area contributed by atoms with Gasteiger partial charge in [-0.05, 0) is 18.1 Å². The second kappa shape index (κ2) is 6.22. The fourth-order valence-electron chi connectivity index (χ4n) is 2.95. The molecule has 2 amide bonds. The van der Waals surface area contributed by atoms with E-state index in [0.29, 0.717) is 12.8 Å². The Balaban J connectivity index is 1.71. The van der Waals surface area contributed by atoms with Gasteiger partial charge in [-0.1, -0.05) is 38.0 Å². The molecule has 5 nitrogen and oxygen atoms in total. The van der Waals surface area contributed by atoms with Crippen LogP contribution in [0.1, 0.15) is 31.7 Å². The van der Waals surface area contributed by atoms with Gasteiger partial charge in [-0.15, -0.1) is 0 Å². The van der Waals surface area contributed by atoms with Crippen LogP contribution in [0.5, 0.6) is 0 Å². The molecule has 116 valence electrons.